The highest BCUT2D eigenvalue weighted by atomic mass is 16.5. The maximum Gasteiger partial charge on any atom is 0.157 e. The summed E-state index contributed by atoms with van der Waals surface area (Å²) in [5.41, 5.74) is 7.59. The van der Waals surface area contributed by atoms with Crippen LogP contribution in [0.25, 0.3) is 11.3 Å². The molecule has 5 nitrogen and oxygen atoms in total. The molecule has 0 radical (unpaired) electrons. The molecule has 1 heterocycles. The van der Waals surface area contributed by atoms with Crippen LogP contribution in [0.15, 0.2) is 30.3 Å². The van der Waals surface area contributed by atoms with Gasteiger partial charge in [0.25, 0.3) is 0 Å². The number of benzene rings is 1. The van der Waals surface area contributed by atoms with Crippen LogP contribution in [0.4, 0.5) is 5.82 Å². The Morgan fingerprint density at radius 3 is 2.48 bits per heavy atom. The van der Waals surface area contributed by atoms with Crippen LogP contribution in [0.3, 0.4) is 0 Å². The van der Waals surface area contributed by atoms with Gasteiger partial charge >= 0.3 is 0 Å². The number of nitrogens with zero attached hydrogens (tertiary/aromatic N) is 2. The maximum atomic E-state index is 5.83. The van der Waals surface area contributed by atoms with Gasteiger partial charge in [-0.3, -0.25) is 0 Å². The molecule has 0 saturated heterocycles. The third kappa shape index (κ3) is 4.43. The molecular formula is C16H21N3O2. The minimum Gasteiger partial charge on any atom is -0.491 e. The molecule has 0 unspecified atom stereocenters. The van der Waals surface area contributed by atoms with Gasteiger partial charge in [0.2, 0.25) is 0 Å². The average Bonchev–Trinajstić information content (AvgIpc) is 2.44. The van der Waals surface area contributed by atoms with Gasteiger partial charge < -0.3 is 15.2 Å². The van der Waals surface area contributed by atoms with E-state index in [4.69, 9.17) is 15.2 Å². The van der Waals surface area contributed by atoms with E-state index in [0.717, 1.165) is 17.0 Å². The lowest BCUT2D eigenvalue weighted by molar-refractivity contribution is 0.128. The molecule has 0 spiro atoms. The zero-order valence-corrected chi connectivity index (χ0v) is 12.7. The molecule has 2 N–H and O–H groups in total. The number of nitrogens with two attached hydrogens (primary N) is 1. The number of nitrogen functional groups attached to an aromatic ring is 1. The fraction of sp³-hybridized carbons (Fsp3) is 0.375. The Balaban J connectivity index is 2.22. The van der Waals surface area contributed by atoms with Crippen molar-refractivity contribution in [3.63, 3.8) is 0 Å². The van der Waals surface area contributed by atoms with Crippen molar-refractivity contribution in [3.8, 4) is 17.0 Å². The molecule has 1 aromatic carbocycles. The van der Waals surface area contributed by atoms with Gasteiger partial charge in [-0.1, -0.05) is 0 Å². The normalized spacial score (nSPS) is 10.9. The van der Waals surface area contributed by atoms with Crippen LogP contribution in [0.5, 0.6) is 5.75 Å². The number of aromatic nitrogens is 2. The molecule has 21 heavy (non-hydrogen) atoms. The van der Waals surface area contributed by atoms with Crippen molar-refractivity contribution >= 4 is 5.82 Å². The summed E-state index contributed by atoms with van der Waals surface area (Å²) < 4.78 is 11.0. The van der Waals surface area contributed by atoms with Gasteiger partial charge in [0, 0.05) is 18.2 Å². The van der Waals surface area contributed by atoms with E-state index in [1.54, 1.807) is 6.07 Å². The fourth-order valence-corrected chi connectivity index (χ4v) is 1.90. The van der Waals surface area contributed by atoms with Crippen molar-refractivity contribution < 1.29 is 9.47 Å². The molecule has 1 aromatic heterocycles. The van der Waals surface area contributed by atoms with E-state index >= 15 is 0 Å². The third-order valence-electron chi connectivity index (χ3n) is 2.75. The SMILES string of the molecule is CCOCc1nc(N)cc(-c2ccc(OC(C)C)cc2)n1. The molecule has 0 aliphatic carbocycles. The van der Waals surface area contributed by atoms with Crippen LogP contribution in [0.1, 0.15) is 26.6 Å². The Morgan fingerprint density at radius 1 is 1.14 bits per heavy atom. The molecule has 0 aliphatic heterocycles. The first-order chi connectivity index (χ1) is 10.1. The van der Waals surface area contributed by atoms with Gasteiger partial charge in [-0.05, 0) is 45.0 Å². The lowest BCUT2D eigenvalue weighted by atomic mass is 10.1. The number of ether oxygens (including phenoxy) is 2. The molecule has 0 atom stereocenters. The van der Waals surface area contributed by atoms with Crippen LogP contribution in [0, 0.1) is 0 Å². The lowest BCUT2D eigenvalue weighted by Gasteiger charge is -2.10. The van der Waals surface area contributed by atoms with Crippen molar-refractivity contribution in [2.24, 2.45) is 0 Å². The Morgan fingerprint density at radius 2 is 1.86 bits per heavy atom. The van der Waals surface area contributed by atoms with E-state index in [1.807, 2.05) is 45.0 Å². The molecule has 0 saturated carbocycles. The second kappa shape index (κ2) is 7.04. The first-order valence-electron chi connectivity index (χ1n) is 7.06. The molecule has 0 amide bonds. The average molecular weight is 287 g/mol. The zero-order chi connectivity index (χ0) is 15.2. The second-order valence-electron chi connectivity index (χ2n) is 4.92. The van der Waals surface area contributed by atoms with E-state index in [1.165, 1.54) is 0 Å². The summed E-state index contributed by atoms with van der Waals surface area (Å²) in [5.74, 6) is 1.87. The summed E-state index contributed by atoms with van der Waals surface area (Å²) in [6, 6.07) is 9.54. The highest BCUT2D eigenvalue weighted by Crippen LogP contribution is 2.22. The maximum absolute atomic E-state index is 5.83. The minimum absolute atomic E-state index is 0.156. The number of hydrogen-bond donors (Lipinski definition) is 1. The van der Waals surface area contributed by atoms with Crippen molar-refractivity contribution in [1.29, 1.82) is 0 Å². The summed E-state index contributed by atoms with van der Waals surface area (Å²) in [7, 11) is 0. The van der Waals surface area contributed by atoms with Crippen molar-refractivity contribution in [3.05, 3.63) is 36.2 Å². The quantitative estimate of drug-likeness (QED) is 0.884. The van der Waals surface area contributed by atoms with Crippen LogP contribution in [-0.2, 0) is 11.3 Å². The van der Waals surface area contributed by atoms with E-state index in [0.29, 0.717) is 24.9 Å². The van der Waals surface area contributed by atoms with Crippen molar-refractivity contribution in [2.75, 3.05) is 12.3 Å². The molecule has 112 valence electrons. The standard InChI is InChI=1S/C16H21N3O2/c1-4-20-10-16-18-14(9-15(17)19-16)12-5-7-13(8-6-12)21-11(2)3/h5-9,11H,4,10H2,1-3H3,(H2,17,18,19). The first-order valence-corrected chi connectivity index (χ1v) is 7.06. The van der Waals surface area contributed by atoms with E-state index in [-0.39, 0.29) is 6.10 Å². The van der Waals surface area contributed by atoms with Gasteiger partial charge in [-0.15, -0.1) is 0 Å². The molecule has 5 heteroatoms. The molecule has 0 aliphatic rings. The fourth-order valence-electron chi connectivity index (χ4n) is 1.90. The Bertz CT molecular complexity index is 583. The summed E-state index contributed by atoms with van der Waals surface area (Å²) in [6.45, 7) is 6.91. The molecule has 2 rings (SSSR count). The van der Waals surface area contributed by atoms with Crippen LogP contribution in [-0.4, -0.2) is 22.7 Å². The number of hydrogen-bond acceptors (Lipinski definition) is 5. The molecule has 0 bridgehead atoms. The predicted molar refractivity (Wildman–Crippen MR) is 83.0 cm³/mol. The largest absolute Gasteiger partial charge is 0.491 e. The number of rotatable bonds is 6. The number of anilines is 1. The van der Waals surface area contributed by atoms with Gasteiger partial charge in [-0.25, -0.2) is 9.97 Å². The lowest BCUT2D eigenvalue weighted by Crippen LogP contribution is -2.05. The van der Waals surface area contributed by atoms with Gasteiger partial charge in [0.1, 0.15) is 18.2 Å². The van der Waals surface area contributed by atoms with Crippen LogP contribution < -0.4 is 10.5 Å². The second-order valence-corrected chi connectivity index (χ2v) is 4.92. The predicted octanol–water partition coefficient (Wildman–Crippen LogP) is 3.05. The zero-order valence-electron chi connectivity index (χ0n) is 12.7. The first kappa shape index (κ1) is 15.3. The van der Waals surface area contributed by atoms with Gasteiger partial charge in [0.05, 0.1) is 11.8 Å². The summed E-state index contributed by atoms with van der Waals surface area (Å²) in [6.07, 6.45) is 0.156. The third-order valence-corrected chi connectivity index (χ3v) is 2.75. The van der Waals surface area contributed by atoms with Gasteiger partial charge in [-0.2, -0.15) is 0 Å². The minimum atomic E-state index is 0.156. The monoisotopic (exact) mass is 287 g/mol. The van der Waals surface area contributed by atoms with E-state index < -0.39 is 0 Å². The highest BCUT2D eigenvalue weighted by molar-refractivity contribution is 5.62. The van der Waals surface area contributed by atoms with E-state index in [2.05, 4.69) is 9.97 Å². The molecular weight excluding hydrogens is 266 g/mol. The Hall–Kier alpha value is -2.14. The summed E-state index contributed by atoms with van der Waals surface area (Å²) >= 11 is 0. The van der Waals surface area contributed by atoms with Crippen LogP contribution in [0.2, 0.25) is 0 Å². The molecule has 2 aromatic rings. The topological polar surface area (TPSA) is 70.3 Å². The van der Waals surface area contributed by atoms with Crippen LogP contribution >= 0.6 is 0 Å². The van der Waals surface area contributed by atoms with Crippen molar-refractivity contribution in [1.82, 2.24) is 9.97 Å². The van der Waals surface area contributed by atoms with Gasteiger partial charge in [0.15, 0.2) is 5.82 Å². The Labute approximate surface area is 125 Å². The van der Waals surface area contributed by atoms with E-state index in [9.17, 15) is 0 Å². The highest BCUT2D eigenvalue weighted by Gasteiger charge is 2.06. The van der Waals surface area contributed by atoms with Crippen molar-refractivity contribution in [2.45, 2.75) is 33.5 Å². The summed E-state index contributed by atoms with van der Waals surface area (Å²) in [4.78, 5) is 8.65. The smallest absolute Gasteiger partial charge is 0.157 e. The summed E-state index contributed by atoms with van der Waals surface area (Å²) in [5, 5.41) is 0. The Kier molecular flexibility index (Phi) is 5.11. The molecule has 0 fully saturated rings.